The molecule has 0 aliphatic carbocycles. The number of anilines is 1. The van der Waals surface area contributed by atoms with Gasteiger partial charge in [0.25, 0.3) is 5.91 Å². The Morgan fingerprint density at radius 2 is 1.81 bits per heavy atom. The number of hydrogen-bond acceptors (Lipinski definition) is 9. The second kappa shape index (κ2) is 11.0. The highest BCUT2D eigenvalue weighted by Crippen LogP contribution is 2.30. The number of Topliss-reactive ketones (excluding diaryl/α,β-unsaturated/α-hetero) is 1. The van der Waals surface area contributed by atoms with E-state index < -0.39 is 47.0 Å². The van der Waals surface area contributed by atoms with Crippen LogP contribution in [0.1, 0.15) is 5.56 Å². The molecule has 31 heavy (non-hydrogen) atoms. The molecule has 0 aliphatic heterocycles. The van der Waals surface area contributed by atoms with Crippen LogP contribution in [0.2, 0.25) is 0 Å². The number of benzene rings is 1. The Kier molecular flexibility index (Phi) is 9.01. The zero-order valence-corrected chi connectivity index (χ0v) is 16.7. The molecule has 0 unspecified atom stereocenters. The normalized spacial score (nSPS) is 12.3. The van der Waals surface area contributed by atoms with Crippen LogP contribution < -0.4 is 22.0 Å². The summed E-state index contributed by atoms with van der Waals surface area (Å²) in [6.07, 6.45) is -4.70. The van der Waals surface area contributed by atoms with Gasteiger partial charge >= 0.3 is 18.1 Å². The molecule has 0 fully saturated rings. The van der Waals surface area contributed by atoms with Crippen LogP contribution in [0.3, 0.4) is 0 Å². The van der Waals surface area contributed by atoms with Crippen LogP contribution in [0.5, 0.6) is 0 Å². The molecule has 168 valence electrons. The first-order chi connectivity index (χ1) is 14.5. The van der Waals surface area contributed by atoms with Crippen molar-refractivity contribution in [3.8, 4) is 0 Å². The Hall–Kier alpha value is -3.59. The summed E-state index contributed by atoms with van der Waals surface area (Å²) in [5.41, 5.74) is 1.59. The number of hydrazine groups is 1. The van der Waals surface area contributed by atoms with Gasteiger partial charge in [-0.1, -0.05) is 6.07 Å². The number of ether oxygens (including phenoxy) is 2. The van der Waals surface area contributed by atoms with Crippen molar-refractivity contribution in [3.63, 3.8) is 0 Å². The summed E-state index contributed by atoms with van der Waals surface area (Å²) in [4.78, 5) is 49.0. The van der Waals surface area contributed by atoms with Gasteiger partial charge in [-0.15, -0.1) is 0 Å². The monoisotopic (exact) mass is 463 g/mol. The van der Waals surface area contributed by atoms with E-state index in [1.165, 1.54) is 0 Å². The molecule has 0 bridgehead atoms. The number of hydrazone groups is 1. The molecule has 0 spiro atoms. The van der Waals surface area contributed by atoms with Gasteiger partial charge in [0.05, 0.1) is 19.8 Å². The number of nitrogens with zero attached hydrogens (tertiary/aromatic N) is 1. The van der Waals surface area contributed by atoms with Crippen molar-refractivity contribution in [2.45, 2.75) is 6.18 Å². The lowest BCUT2D eigenvalue weighted by Crippen LogP contribution is -2.45. The minimum absolute atomic E-state index is 0.328. The molecular formula is C16H16F3N5O6S. The molecule has 1 amide bonds. The second-order valence-corrected chi connectivity index (χ2v) is 5.84. The Morgan fingerprint density at radius 1 is 1.16 bits per heavy atom. The summed E-state index contributed by atoms with van der Waals surface area (Å²) >= 11 is 4.64. The van der Waals surface area contributed by atoms with Gasteiger partial charge in [0, 0.05) is 5.69 Å². The number of rotatable bonds is 7. The Bertz CT molecular complexity index is 921. The van der Waals surface area contributed by atoms with Gasteiger partial charge in [-0.05, 0) is 30.4 Å². The Labute approximate surface area is 178 Å². The van der Waals surface area contributed by atoms with E-state index in [0.717, 1.165) is 32.4 Å². The van der Waals surface area contributed by atoms with Crippen molar-refractivity contribution < 1.29 is 41.8 Å². The zero-order chi connectivity index (χ0) is 23.8. The Balaban J connectivity index is 3.27. The van der Waals surface area contributed by atoms with E-state index >= 15 is 0 Å². The number of nitrogens with one attached hydrogen (secondary N) is 3. The van der Waals surface area contributed by atoms with Crippen molar-refractivity contribution in [1.29, 1.82) is 0 Å². The van der Waals surface area contributed by atoms with Gasteiger partial charge in [-0.2, -0.15) is 18.3 Å². The summed E-state index contributed by atoms with van der Waals surface area (Å²) in [6.45, 7) is 0. The van der Waals surface area contributed by atoms with Crippen LogP contribution in [-0.4, -0.2) is 48.7 Å². The van der Waals surface area contributed by atoms with Crippen molar-refractivity contribution in [2.75, 3.05) is 19.5 Å². The van der Waals surface area contributed by atoms with Gasteiger partial charge in [0.15, 0.2) is 11.6 Å². The standard InChI is InChI=1S/C16H16F3N5O6S/c1-29-13(27)9(10(14(28)30-2)23-24-15(31)22-20)11(25)12(26)21-8-5-3-4-7(6-8)16(17,18)19/h3-6,9H,20H2,1-2H3,(H,21,26)(H2,22,24,31)/b23-10-/t9-/m0/s1. The summed E-state index contributed by atoms with van der Waals surface area (Å²) in [5, 5.41) is 5.04. The lowest BCUT2D eigenvalue weighted by molar-refractivity contribution is -0.150. The maximum absolute atomic E-state index is 12.8. The number of carbonyl (C=O) groups is 4. The molecule has 0 heterocycles. The first-order valence-corrected chi connectivity index (χ1v) is 8.39. The third-order valence-corrected chi connectivity index (χ3v) is 3.66. The number of ketones is 1. The average molecular weight is 463 g/mol. The highest BCUT2D eigenvalue weighted by Gasteiger charge is 2.41. The van der Waals surface area contributed by atoms with Crippen molar-refractivity contribution in [2.24, 2.45) is 16.9 Å². The van der Waals surface area contributed by atoms with Gasteiger partial charge in [-0.25, -0.2) is 10.6 Å². The van der Waals surface area contributed by atoms with Crippen molar-refractivity contribution in [1.82, 2.24) is 10.9 Å². The predicted octanol–water partition coefficient (Wildman–Crippen LogP) is -0.131. The van der Waals surface area contributed by atoms with E-state index in [1.54, 1.807) is 0 Å². The first kappa shape index (κ1) is 25.4. The van der Waals surface area contributed by atoms with Gasteiger partial charge < -0.3 is 14.8 Å². The summed E-state index contributed by atoms with van der Waals surface area (Å²) in [6, 6.07) is 3.39. The average Bonchev–Trinajstić information content (AvgIpc) is 2.74. The molecule has 0 aromatic heterocycles. The number of carbonyl (C=O) groups excluding carboxylic acids is 4. The molecule has 0 radical (unpaired) electrons. The van der Waals surface area contributed by atoms with E-state index in [9.17, 15) is 32.3 Å². The fourth-order valence-corrected chi connectivity index (χ4v) is 2.08. The van der Waals surface area contributed by atoms with Crippen LogP contribution in [0.25, 0.3) is 0 Å². The number of halogens is 3. The molecule has 1 aromatic carbocycles. The van der Waals surface area contributed by atoms with Gasteiger partial charge in [0.2, 0.25) is 10.9 Å². The van der Waals surface area contributed by atoms with Gasteiger partial charge in [-0.3, -0.25) is 25.2 Å². The van der Waals surface area contributed by atoms with Crippen LogP contribution in [0, 0.1) is 5.92 Å². The molecule has 1 rings (SSSR count). The van der Waals surface area contributed by atoms with E-state index in [-0.39, 0.29) is 10.8 Å². The predicted molar refractivity (Wildman–Crippen MR) is 103 cm³/mol. The summed E-state index contributed by atoms with van der Waals surface area (Å²) in [5.74, 6) is -2.97. The lowest BCUT2D eigenvalue weighted by Gasteiger charge is -2.15. The summed E-state index contributed by atoms with van der Waals surface area (Å²) < 4.78 is 47.3. The molecule has 5 N–H and O–H groups in total. The topological polar surface area (TPSA) is 161 Å². The quantitative estimate of drug-likeness (QED) is 0.0815. The fourth-order valence-electron chi connectivity index (χ4n) is 2.03. The molecule has 1 atom stereocenters. The zero-order valence-electron chi connectivity index (χ0n) is 15.9. The van der Waals surface area contributed by atoms with E-state index in [0.29, 0.717) is 6.07 Å². The second-order valence-electron chi connectivity index (χ2n) is 5.43. The minimum Gasteiger partial charge on any atom is -0.468 e. The highest BCUT2D eigenvalue weighted by molar-refractivity contribution is 7.80. The summed E-state index contributed by atoms with van der Waals surface area (Å²) in [7, 11) is 1.76. The number of nitrogens with two attached hydrogens (primary N) is 1. The van der Waals surface area contributed by atoms with E-state index in [2.05, 4.69) is 26.8 Å². The Morgan fingerprint density at radius 3 is 2.32 bits per heavy atom. The number of thiocarbonyl (C=S) groups is 1. The van der Waals surface area contributed by atoms with Crippen LogP contribution in [-0.2, 0) is 34.8 Å². The largest absolute Gasteiger partial charge is 0.468 e. The van der Waals surface area contributed by atoms with E-state index in [4.69, 9.17) is 5.84 Å². The number of hydrogen-bond donors (Lipinski definition) is 4. The first-order valence-electron chi connectivity index (χ1n) is 7.99. The third-order valence-electron chi connectivity index (χ3n) is 3.45. The maximum atomic E-state index is 12.8. The maximum Gasteiger partial charge on any atom is 0.416 e. The molecule has 1 aromatic rings. The van der Waals surface area contributed by atoms with Gasteiger partial charge in [0.1, 0.15) is 0 Å². The van der Waals surface area contributed by atoms with Crippen molar-refractivity contribution >= 4 is 52.4 Å². The molecule has 0 saturated heterocycles. The molecule has 0 saturated carbocycles. The minimum atomic E-state index is -4.70. The van der Waals surface area contributed by atoms with Crippen molar-refractivity contribution in [3.05, 3.63) is 29.8 Å². The van der Waals surface area contributed by atoms with E-state index in [1.807, 2.05) is 16.2 Å². The van der Waals surface area contributed by atoms with Crippen LogP contribution >= 0.6 is 12.2 Å². The number of esters is 2. The van der Waals surface area contributed by atoms with Crippen LogP contribution in [0.15, 0.2) is 29.4 Å². The van der Waals surface area contributed by atoms with Crippen LogP contribution in [0.4, 0.5) is 18.9 Å². The molecular weight excluding hydrogens is 447 g/mol. The number of alkyl halides is 3. The number of methoxy groups -OCH3 is 2. The smallest absolute Gasteiger partial charge is 0.416 e. The molecule has 15 heteroatoms. The highest BCUT2D eigenvalue weighted by atomic mass is 32.1. The molecule has 11 nitrogen and oxygen atoms in total. The number of amides is 1. The SMILES string of the molecule is COC(=O)/C(=N\NC(=S)NN)[C@H](C(=O)OC)C(=O)C(=O)Nc1cccc(C(F)(F)F)c1. The molecule has 0 aliphatic rings. The lowest BCUT2D eigenvalue weighted by atomic mass is 9.97. The third kappa shape index (κ3) is 7.00. The fraction of sp³-hybridized carbons (Fsp3) is 0.250.